The predicted molar refractivity (Wildman–Crippen MR) is 67.0 cm³/mol. The molecular formula is C15H18O4. The van der Waals surface area contributed by atoms with E-state index in [2.05, 4.69) is 6.58 Å². The molecule has 0 bridgehead atoms. The number of hydrogen-bond acceptors (Lipinski definition) is 4. The molecule has 2 aliphatic heterocycles. The minimum Gasteiger partial charge on any atom is -0.423 e. The van der Waals surface area contributed by atoms with Gasteiger partial charge in [0.2, 0.25) is 0 Å². The lowest BCUT2D eigenvalue weighted by molar-refractivity contribution is -0.188. The molecule has 2 saturated carbocycles. The van der Waals surface area contributed by atoms with Crippen LogP contribution in [0.15, 0.2) is 23.3 Å². The number of esters is 1. The fraction of sp³-hybridized carbons (Fsp3) is 0.667. The van der Waals surface area contributed by atoms with Gasteiger partial charge < -0.3 is 14.6 Å². The zero-order chi connectivity index (χ0) is 13.6. The van der Waals surface area contributed by atoms with E-state index in [1.807, 2.05) is 6.92 Å². The number of aliphatic hydroxyl groups is 1. The van der Waals surface area contributed by atoms with Crippen molar-refractivity contribution in [1.29, 1.82) is 0 Å². The smallest absolute Gasteiger partial charge is 0.336 e. The zero-order valence-electron chi connectivity index (χ0n) is 11.2. The van der Waals surface area contributed by atoms with Crippen molar-refractivity contribution in [3.63, 3.8) is 0 Å². The van der Waals surface area contributed by atoms with Crippen LogP contribution in [0.25, 0.3) is 0 Å². The van der Waals surface area contributed by atoms with Gasteiger partial charge in [-0.25, -0.2) is 4.79 Å². The number of carbonyl (C=O) groups excluding carboxylic acids is 1. The summed E-state index contributed by atoms with van der Waals surface area (Å²) in [6, 6.07) is 0. The average Bonchev–Trinajstić information content (AvgIpc) is 2.85. The van der Waals surface area contributed by atoms with Crippen LogP contribution >= 0.6 is 0 Å². The Morgan fingerprint density at radius 3 is 2.95 bits per heavy atom. The predicted octanol–water partition coefficient (Wildman–Crippen LogP) is 1.69. The van der Waals surface area contributed by atoms with E-state index in [1.54, 1.807) is 6.92 Å². The maximum absolute atomic E-state index is 11.8. The topological polar surface area (TPSA) is 59.1 Å². The molecule has 0 radical (unpaired) electrons. The summed E-state index contributed by atoms with van der Waals surface area (Å²) in [6.45, 7) is 7.91. The van der Waals surface area contributed by atoms with Crippen molar-refractivity contribution in [3.05, 3.63) is 23.3 Å². The fourth-order valence-electron chi connectivity index (χ4n) is 4.36. The van der Waals surface area contributed by atoms with Gasteiger partial charge in [0.05, 0.1) is 0 Å². The monoisotopic (exact) mass is 262 g/mol. The molecular weight excluding hydrogens is 244 g/mol. The molecule has 2 aliphatic carbocycles. The number of fused-ring (bicyclic) bond motifs is 5. The molecule has 0 amide bonds. The summed E-state index contributed by atoms with van der Waals surface area (Å²) in [5.41, 5.74) is 2.08. The molecule has 0 aromatic carbocycles. The molecule has 0 unspecified atom stereocenters. The average molecular weight is 262 g/mol. The molecule has 1 N–H and O–H groups in total. The Balaban J connectivity index is 1.87. The second-order valence-corrected chi connectivity index (χ2v) is 6.49. The van der Waals surface area contributed by atoms with Gasteiger partial charge in [0.15, 0.2) is 6.10 Å². The van der Waals surface area contributed by atoms with Crippen LogP contribution < -0.4 is 0 Å². The number of epoxide rings is 1. The van der Waals surface area contributed by atoms with Gasteiger partial charge in [0.25, 0.3) is 5.79 Å². The van der Waals surface area contributed by atoms with Crippen LogP contribution in [0, 0.1) is 11.8 Å². The van der Waals surface area contributed by atoms with Crippen molar-refractivity contribution in [2.24, 2.45) is 11.8 Å². The van der Waals surface area contributed by atoms with E-state index in [9.17, 15) is 9.90 Å². The largest absolute Gasteiger partial charge is 0.423 e. The Labute approximate surface area is 112 Å². The van der Waals surface area contributed by atoms with Crippen LogP contribution in [0.4, 0.5) is 0 Å². The second-order valence-electron chi connectivity index (χ2n) is 6.49. The third kappa shape index (κ3) is 1.20. The van der Waals surface area contributed by atoms with Gasteiger partial charge in [-0.1, -0.05) is 12.2 Å². The summed E-state index contributed by atoms with van der Waals surface area (Å²) in [7, 11) is 0. The highest BCUT2D eigenvalue weighted by molar-refractivity contribution is 5.92. The quantitative estimate of drug-likeness (QED) is 0.410. The Morgan fingerprint density at radius 2 is 2.21 bits per heavy atom. The maximum atomic E-state index is 11.8. The second kappa shape index (κ2) is 3.13. The first-order chi connectivity index (χ1) is 8.88. The fourth-order valence-corrected chi connectivity index (χ4v) is 4.36. The summed E-state index contributed by atoms with van der Waals surface area (Å²) < 4.78 is 11.1. The summed E-state index contributed by atoms with van der Waals surface area (Å²) in [6.07, 6.45) is 2.32. The Kier molecular flexibility index (Phi) is 1.92. The van der Waals surface area contributed by atoms with E-state index < -0.39 is 17.9 Å². The van der Waals surface area contributed by atoms with Gasteiger partial charge in [-0.3, -0.25) is 0 Å². The molecule has 4 rings (SSSR count). The van der Waals surface area contributed by atoms with E-state index in [0.717, 1.165) is 12.8 Å². The highest BCUT2D eigenvalue weighted by Gasteiger charge is 2.74. The van der Waals surface area contributed by atoms with Gasteiger partial charge in [-0.15, -0.1) is 0 Å². The Hall–Kier alpha value is -1.13. The molecule has 0 aromatic heterocycles. The van der Waals surface area contributed by atoms with Gasteiger partial charge in [0.1, 0.15) is 5.60 Å². The molecule has 4 heteroatoms. The van der Waals surface area contributed by atoms with Crippen LogP contribution in [0.1, 0.15) is 33.1 Å². The van der Waals surface area contributed by atoms with E-state index in [-0.39, 0.29) is 5.60 Å². The van der Waals surface area contributed by atoms with Crippen molar-refractivity contribution >= 4 is 5.97 Å². The first-order valence-corrected chi connectivity index (χ1v) is 6.89. The van der Waals surface area contributed by atoms with Crippen LogP contribution in [0.5, 0.6) is 0 Å². The molecule has 0 aromatic rings. The van der Waals surface area contributed by atoms with Gasteiger partial charge in [-0.2, -0.15) is 0 Å². The van der Waals surface area contributed by atoms with Crippen LogP contribution in [0.3, 0.4) is 0 Å². The van der Waals surface area contributed by atoms with Crippen molar-refractivity contribution < 1.29 is 19.4 Å². The van der Waals surface area contributed by atoms with E-state index in [1.165, 1.54) is 5.57 Å². The Bertz CT molecular complexity index is 548. The lowest BCUT2D eigenvalue weighted by Gasteiger charge is -2.24. The van der Waals surface area contributed by atoms with Crippen molar-refractivity contribution in [1.82, 2.24) is 0 Å². The minimum absolute atomic E-state index is 0.295. The standard InChI is InChI=1S/C15H18O4/c1-7-4-5-10-9(7)6-11-8(2)12(16)18-15(11,17)13-14(10,3)19-13/h9-10,13,17H,1,4-6H2,2-3H3/t9-,10-,13-,14-,15-/m1/s1. The molecule has 4 nitrogen and oxygen atoms in total. The molecule has 1 saturated heterocycles. The van der Waals surface area contributed by atoms with Gasteiger partial charge in [-0.05, 0) is 44.9 Å². The molecule has 102 valence electrons. The summed E-state index contributed by atoms with van der Waals surface area (Å²) in [4.78, 5) is 11.8. The lowest BCUT2D eigenvalue weighted by atomic mass is 9.82. The molecule has 19 heavy (non-hydrogen) atoms. The molecule has 5 atom stereocenters. The highest BCUT2D eigenvalue weighted by atomic mass is 16.7. The molecule has 3 fully saturated rings. The van der Waals surface area contributed by atoms with Gasteiger partial charge in [0, 0.05) is 11.1 Å². The van der Waals surface area contributed by atoms with E-state index in [4.69, 9.17) is 9.47 Å². The number of rotatable bonds is 0. The number of hydrogen-bond donors (Lipinski definition) is 1. The lowest BCUT2D eigenvalue weighted by Crippen LogP contribution is -2.41. The first kappa shape index (κ1) is 11.7. The minimum atomic E-state index is -1.54. The third-order valence-corrected chi connectivity index (χ3v) is 5.58. The summed E-state index contributed by atoms with van der Waals surface area (Å²) >= 11 is 0. The Morgan fingerprint density at radius 1 is 1.47 bits per heavy atom. The maximum Gasteiger partial charge on any atom is 0.336 e. The van der Waals surface area contributed by atoms with E-state index in [0.29, 0.717) is 29.4 Å². The van der Waals surface area contributed by atoms with E-state index >= 15 is 0 Å². The first-order valence-electron chi connectivity index (χ1n) is 6.89. The van der Waals surface area contributed by atoms with Gasteiger partial charge >= 0.3 is 5.97 Å². The molecule has 2 heterocycles. The SMILES string of the molecule is C=C1CC[C@@H]2[C@@H]1CC1=C(C)C(=O)O[C@@]1(O)[C@@H]1O[C@]21C. The zero-order valence-corrected chi connectivity index (χ0v) is 11.2. The normalized spacial score (nSPS) is 51.4. The van der Waals surface area contributed by atoms with Crippen molar-refractivity contribution in [2.45, 2.75) is 50.6 Å². The highest BCUT2D eigenvalue weighted by Crippen LogP contribution is 2.63. The number of allylic oxidation sites excluding steroid dienone is 1. The number of carbonyl (C=O) groups is 1. The van der Waals surface area contributed by atoms with Crippen LogP contribution in [-0.4, -0.2) is 28.6 Å². The summed E-state index contributed by atoms with van der Waals surface area (Å²) in [5, 5.41) is 10.8. The number of ether oxygens (including phenoxy) is 2. The third-order valence-electron chi connectivity index (χ3n) is 5.58. The van der Waals surface area contributed by atoms with Crippen LogP contribution in [-0.2, 0) is 14.3 Å². The van der Waals surface area contributed by atoms with Crippen LogP contribution in [0.2, 0.25) is 0 Å². The summed E-state index contributed by atoms with van der Waals surface area (Å²) in [5.74, 6) is -1.29. The molecule has 4 aliphatic rings. The molecule has 0 spiro atoms. The van der Waals surface area contributed by atoms with Crippen molar-refractivity contribution in [2.75, 3.05) is 0 Å². The van der Waals surface area contributed by atoms with Crippen molar-refractivity contribution in [3.8, 4) is 0 Å².